The molecule has 1 aromatic carbocycles. The van der Waals surface area contributed by atoms with Crippen LogP contribution in [0, 0.1) is 0 Å². The summed E-state index contributed by atoms with van der Waals surface area (Å²) in [6.07, 6.45) is -0.338. The first-order chi connectivity index (χ1) is 10.0. The Morgan fingerprint density at radius 2 is 2.05 bits per heavy atom. The monoisotopic (exact) mass is 369 g/mol. The quantitative estimate of drug-likeness (QED) is 0.724. The Bertz CT molecular complexity index is 578. The van der Waals surface area contributed by atoms with Crippen LogP contribution in [-0.4, -0.2) is 30.2 Å². The summed E-state index contributed by atoms with van der Waals surface area (Å²) in [5, 5.41) is 0. The van der Waals surface area contributed by atoms with Crippen LogP contribution in [0.25, 0.3) is 0 Å². The van der Waals surface area contributed by atoms with E-state index in [1.54, 1.807) is 11.9 Å². The van der Waals surface area contributed by atoms with Crippen LogP contribution in [0.1, 0.15) is 51.8 Å². The number of hydrogen-bond donors (Lipinski definition) is 0. The fraction of sp³-hybridized carbons (Fsp3) is 0.588. The first-order valence-electron chi connectivity index (χ1n) is 7.41. The van der Waals surface area contributed by atoms with Gasteiger partial charge < -0.3 is 14.4 Å². The normalized spacial score (nSPS) is 20.2. The maximum absolute atomic E-state index is 12.3. The van der Waals surface area contributed by atoms with E-state index in [1.165, 1.54) is 0 Å². The lowest BCUT2D eigenvalue weighted by Gasteiger charge is -2.41. The molecule has 1 atom stereocenters. The number of benzene rings is 1. The van der Waals surface area contributed by atoms with Crippen molar-refractivity contribution in [1.29, 1.82) is 0 Å². The molecule has 1 aliphatic heterocycles. The zero-order valence-corrected chi connectivity index (χ0v) is 15.7. The van der Waals surface area contributed by atoms with Gasteiger partial charge in [0.15, 0.2) is 0 Å². The van der Waals surface area contributed by atoms with E-state index in [9.17, 15) is 4.79 Å². The second-order valence-corrected chi connectivity index (χ2v) is 8.08. The third-order valence-corrected chi connectivity index (χ3v) is 4.27. The highest BCUT2D eigenvalue weighted by Crippen LogP contribution is 2.40. The van der Waals surface area contributed by atoms with Crippen molar-refractivity contribution in [3.63, 3.8) is 0 Å². The average Bonchev–Trinajstić information content (AvgIpc) is 2.37. The van der Waals surface area contributed by atoms with Crippen molar-refractivity contribution in [2.75, 3.05) is 13.7 Å². The number of carbonyl (C=O) groups is 1. The molecule has 1 aromatic rings. The summed E-state index contributed by atoms with van der Waals surface area (Å²) in [7, 11) is 1.76. The van der Waals surface area contributed by atoms with Crippen LogP contribution in [0.2, 0.25) is 0 Å². The van der Waals surface area contributed by atoms with Gasteiger partial charge >= 0.3 is 6.09 Å². The van der Waals surface area contributed by atoms with Gasteiger partial charge in [0.1, 0.15) is 5.60 Å². The fourth-order valence-corrected chi connectivity index (χ4v) is 2.94. The van der Waals surface area contributed by atoms with Gasteiger partial charge in [0.25, 0.3) is 0 Å². The van der Waals surface area contributed by atoms with Gasteiger partial charge in [-0.1, -0.05) is 22.0 Å². The number of amides is 1. The minimum absolute atomic E-state index is 0.147. The molecule has 1 amide bonds. The summed E-state index contributed by atoms with van der Waals surface area (Å²) in [4.78, 5) is 14.0. The predicted octanol–water partition coefficient (Wildman–Crippen LogP) is 4.62. The molecule has 0 saturated heterocycles. The fourth-order valence-electron chi connectivity index (χ4n) is 2.58. The molecule has 22 heavy (non-hydrogen) atoms. The maximum Gasteiger partial charge on any atom is 0.410 e. The molecule has 122 valence electrons. The maximum atomic E-state index is 12.3. The zero-order chi connectivity index (χ0) is 16.7. The average molecular weight is 370 g/mol. The Hall–Kier alpha value is -1.07. The molecule has 0 spiro atoms. The first kappa shape index (κ1) is 17.3. The van der Waals surface area contributed by atoms with E-state index in [-0.39, 0.29) is 17.7 Å². The van der Waals surface area contributed by atoms with Crippen LogP contribution >= 0.6 is 15.9 Å². The van der Waals surface area contributed by atoms with Gasteiger partial charge in [0.05, 0.1) is 18.2 Å². The second kappa shape index (κ2) is 5.85. The van der Waals surface area contributed by atoms with Gasteiger partial charge in [-0.05, 0) is 57.9 Å². The van der Waals surface area contributed by atoms with Gasteiger partial charge in [-0.3, -0.25) is 0 Å². The van der Waals surface area contributed by atoms with Gasteiger partial charge in [-0.15, -0.1) is 0 Å². The molecular formula is C17H24BrNO3. The molecule has 0 N–H and O–H groups in total. The van der Waals surface area contributed by atoms with E-state index >= 15 is 0 Å². The Labute approximate surface area is 140 Å². The number of carbonyl (C=O) groups excluding carboxylic acids is 1. The van der Waals surface area contributed by atoms with Crippen LogP contribution in [-0.2, 0) is 15.1 Å². The minimum atomic E-state index is -0.511. The molecule has 0 aromatic heterocycles. The molecule has 0 radical (unpaired) electrons. The lowest BCUT2D eigenvalue weighted by Crippen LogP contribution is -2.43. The van der Waals surface area contributed by atoms with Crippen LogP contribution in [0.5, 0.6) is 0 Å². The highest BCUT2D eigenvalue weighted by atomic mass is 79.9. The standard InChI is InChI=1S/C17H24BrNO3/c1-16(2,3)22-15(20)19(6)14-10-21-17(4,5)13-9-11(18)7-8-12(13)14/h7-9,14H,10H2,1-6H3. The molecule has 5 heteroatoms. The van der Waals surface area contributed by atoms with Gasteiger partial charge in [0, 0.05) is 11.5 Å². The SMILES string of the molecule is CN(C(=O)OC(C)(C)C)C1COC(C)(C)c2cc(Br)ccc21. The molecule has 0 fully saturated rings. The van der Waals surface area contributed by atoms with Crippen molar-refractivity contribution in [3.8, 4) is 0 Å². The molecular weight excluding hydrogens is 346 g/mol. The molecule has 0 saturated carbocycles. The Balaban J connectivity index is 2.33. The number of hydrogen-bond acceptors (Lipinski definition) is 3. The summed E-state index contributed by atoms with van der Waals surface area (Å²) < 4.78 is 12.5. The summed E-state index contributed by atoms with van der Waals surface area (Å²) in [5.41, 5.74) is 1.31. The third kappa shape index (κ3) is 3.63. The minimum Gasteiger partial charge on any atom is -0.444 e. The van der Waals surface area contributed by atoms with E-state index in [4.69, 9.17) is 9.47 Å². The van der Waals surface area contributed by atoms with E-state index in [1.807, 2.05) is 40.7 Å². The Kier molecular flexibility index (Phi) is 4.60. The van der Waals surface area contributed by atoms with E-state index in [0.717, 1.165) is 15.6 Å². The summed E-state index contributed by atoms with van der Waals surface area (Å²) in [5.74, 6) is 0. The molecule has 1 heterocycles. The van der Waals surface area contributed by atoms with E-state index in [0.29, 0.717) is 6.61 Å². The molecule has 2 rings (SSSR count). The van der Waals surface area contributed by atoms with Gasteiger partial charge in [0.2, 0.25) is 0 Å². The number of halogens is 1. The highest BCUT2D eigenvalue weighted by molar-refractivity contribution is 9.10. The van der Waals surface area contributed by atoms with Crippen molar-refractivity contribution in [3.05, 3.63) is 33.8 Å². The lowest BCUT2D eigenvalue weighted by molar-refractivity contribution is -0.0676. The summed E-state index contributed by atoms with van der Waals surface area (Å²) in [6.45, 7) is 10.1. The highest BCUT2D eigenvalue weighted by Gasteiger charge is 2.37. The lowest BCUT2D eigenvalue weighted by atomic mass is 9.86. The summed E-state index contributed by atoms with van der Waals surface area (Å²) in [6, 6.07) is 5.96. The number of ether oxygens (including phenoxy) is 2. The van der Waals surface area contributed by atoms with Crippen molar-refractivity contribution in [2.24, 2.45) is 0 Å². The van der Waals surface area contributed by atoms with Crippen molar-refractivity contribution >= 4 is 22.0 Å². The van der Waals surface area contributed by atoms with Crippen LogP contribution in [0.3, 0.4) is 0 Å². The molecule has 0 aliphatic carbocycles. The van der Waals surface area contributed by atoms with Crippen LogP contribution in [0.4, 0.5) is 4.79 Å². The van der Waals surface area contributed by atoms with Crippen LogP contribution in [0.15, 0.2) is 22.7 Å². The van der Waals surface area contributed by atoms with Crippen molar-refractivity contribution in [1.82, 2.24) is 4.90 Å². The number of nitrogens with zero attached hydrogens (tertiary/aromatic N) is 1. The van der Waals surface area contributed by atoms with Gasteiger partial charge in [-0.2, -0.15) is 0 Å². The largest absolute Gasteiger partial charge is 0.444 e. The van der Waals surface area contributed by atoms with E-state index < -0.39 is 5.60 Å². The number of fused-ring (bicyclic) bond motifs is 1. The number of likely N-dealkylation sites (N-methyl/N-ethyl adjacent to an activating group) is 1. The third-order valence-electron chi connectivity index (χ3n) is 3.77. The van der Waals surface area contributed by atoms with E-state index in [2.05, 4.69) is 28.1 Å². The van der Waals surface area contributed by atoms with Gasteiger partial charge in [-0.25, -0.2) is 4.79 Å². The second-order valence-electron chi connectivity index (χ2n) is 7.16. The zero-order valence-electron chi connectivity index (χ0n) is 14.1. The Morgan fingerprint density at radius 1 is 1.41 bits per heavy atom. The van der Waals surface area contributed by atoms with Crippen molar-refractivity contribution in [2.45, 2.75) is 51.9 Å². The number of rotatable bonds is 1. The van der Waals surface area contributed by atoms with Crippen molar-refractivity contribution < 1.29 is 14.3 Å². The topological polar surface area (TPSA) is 38.8 Å². The molecule has 0 bridgehead atoms. The summed E-state index contributed by atoms with van der Waals surface area (Å²) >= 11 is 3.51. The predicted molar refractivity (Wildman–Crippen MR) is 89.9 cm³/mol. The first-order valence-corrected chi connectivity index (χ1v) is 8.20. The van der Waals surface area contributed by atoms with Crippen LogP contribution < -0.4 is 0 Å². The smallest absolute Gasteiger partial charge is 0.410 e. The Morgan fingerprint density at radius 3 is 2.64 bits per heavy atom. The molecule has 1 aliphatic rings. The molecule has 4 nitrogen and oxygen atoms in total. The molecule has 1 unspecified atom stereocenters.